The summed E-state index contributed by atoms with van der Waals surface area (Å²) in [7, 11) is 1.51. The monoisotopic (exact) mass is 413 g/mol. The molecule has 0 spiro atoms. The van der Waals surface area contributed by atoms with E-state index in [1.807, 2.05) is 61.5 Å². The second-order valence-electron chi connectivity index (χ2n) is 6.67. The Hall–Kier alpha value is -4.04. The van der Waals surface area contributed by atoms with Crippen molar-refractivity contribution in [1.82, 2.24) is 0 Å². The predicted molar refractivity (Wildman–Crippen MR) is 120 cm³/mol. The number of ether oxygens (including phenoxy) is 3. The Morgan fingerprint density at radius 2 is 1.74 bits per heavy atom. The van der Waals surface area contributed by atoms with E-state index in [1.165, 1.54) is 7.11 Å². The first-order valence-corrected chi connectivity index (χ1v) is 9.90. The van der Waals surface area contributed by atoms with Crippen molar-refractivity contribution in [3.63, 3.8) is 0 Å². The topological polar surface area (TPSA) is 68.5 Å². The van der Waals surface area contributed by atoms with Crippen LogP contribution in [0.15, 0.2) is 72.8 Å². The molecule has 0 fully saturated rings. The van der Waals surface area contributed by atoms with Crippen LogP contribution in [0.4, 0.5) is 0 Å². The zero-order valence-corrected chi connectivity index (χ0v) is 17.5. The molecule has 0 heterocycles. The predicted octanol–water partition coefficient (Wildman–Crippen LogP) is 5.31. The molecule has 0 amide bonds. The fourth-order valence-corrected chi connectivity index (χ4v) is 3.02. The highest BCUT2D eigenvalue weighted by Gasteiger charge is 2.12. The summed E-state index contributed by atoms with van der Waals surface area (Å²) >= 11 is 0. The average molecular weight is 413 g/mol. The zero-order valence-electron chi connectivity index (χ0n) is 17.5. The van der Waals surface area contributed by atoms with Gasteiger partial charge < -0.3 is 14.2 Å². The Bertz CT molecular complexity index is 1100. The van der Waals surface area contributed by atoms with Crippen molar-refractivity contribution in [2.45, 2.75) is 13.3 Å². The highest BCUT2D eigenvalue weighted by Crippen LogP contribution is 2.30. The molecule has 0 saturated carbocycles. The van der Waals surface area contributed by atoms with E-state index in [4.69, 9.17) is 14.2 Å². The fraction of sp³-hybridized carbons (Fsp3) is 0.154. The average Bonchev–Trinajstić information content (AvgIpc) is 2.80. The van der Waals surface area contributed by atoms with Gasteiger partial charge in [0.1, 0.15) is 5.75 Å². The van der Waals surface area contributed by atoms with Crippen LogP contribution in [0.2, 0.25) is 0 Å². The highest BCUT2D eigenvalue weighted by atomic mass is 16.6. The maximum atomic E-state index is 12.4. The molecule has 0 aliphatic heterocycles. The lowest BCUT2D eigenvalue weighted by Gasteiger charge is -2.11. The Morgan fingerprint density at radius 1 is 1.00 bits per heavy atom. The molecule has 31 heavy (non-hydrogen) atoms. The number of carbonyl (C=O) groups excluding carboxylic acids is 1. The number of hydrogen-bond acceptors (Lipinski definition) is 5. The molecule has 0 aliphatic rings. The molecule has 3 aromatic rings. The number of methoxy groups -OCH3 is 1. The van der Waals surface area contributed by atoms with Crippen molar-refractivity contribution in [1.29, 1.82) is 5.26 Å². The van der Waals surface area contributed by atoms with Gasteiger partial charge in [0.15, 0.2) is 11.5 Å². The number of nitrogens with zero attached hydrogens (tertiary/aromatic N) is 1. The van der Waals surface area contributed by atoms with E-state index < -0.39 is 5.97 Å². The molecule has 0 saturated heterocycles. The Morgan fingerprint density at radius 3 is 2.39 bits per heavy atom. The molecule has 0 bridgehead atoms. The highest BCUT2D eigenvalue weighted by molar-refractivity contribution is 5.90. The first kappa shape index (κ1) is 21.7. The molecule has 0 atom stereocenters. The van der Waals surface area contributed by atoms with Gasteiger partial charge in [-0.3, -0.25) is 4.79 Å². The van der Waals surface area contributed by atoms with Gasteiger partial charge in [0, 0.05) is 0 Å². The summed E-state index contributed by atoms with van der Waals surface area (Å²) < 4.78 is 16.3. The summed E-state index contributed by atoms with van der Waals surface area (Å²) in [6.45, 7) is 2.51. The minimum absolute atomic E-state index is 0.129. The molecule has 0 N–H and O–H groups in total. The summed E-state index contributed by atoms with van der Waals surface area (Å²) in [5.74, 6) is 1.11. The fourth-order valence-electron chi connectivity index (χ4n) is 3.02. The van der Waals surface area contributed by atoms with Crippen LogP contribution in [0.1, 0.15) is 23.6 Å². The number of carbonyl (C=O) groups is 1. The molecule has 0 unspecified atom stereocenters. The zero-order chi connectivity index (χ0) is 22.1. The molecule has 5 nitrogen and oxygen atoms in total. The van der Waals surface area contributed by atoms with E-state index in [1.54, 1.807) is 24.3 Å². The van der Waals surface area contributed by atoms with E-state index in [9.17, 15) is 10.1 Å². The van der Waals surface area contributed by atoms with Gasteiger partial charge in [0.2, 0.25) is 0 Å². The van der Waals surface area contributed by atoms with E-state index in [0.29, 0.717) is 23.7 Å². The SMILES string of the molecule is CCOc1ccc(CC(=O)Oc2ccc(/C=C(/C#N)c3ccccc3)cc2OC)cc1. The van der Waals surface area contributed by atoms with Crippen molar-refractivity contribution < 1.29 is 19.0 Å². The molecule has 0 radical (unpaired) electrons. The summed E-state index contributed by atoms with van der Waals surface area (Å²) in [5.41, 5.74) is 2.95. The molecular formula is C26H23NO4. The van der Waals surface area contributed by atoms with Crippen LogP contribution in [0.25, 0.3) is 11.6 Å². The lowest BCUT2D eigenvalue weighted by Crippen LogP contribution is -2.12. The number of benzene rings is 3. The largest absolute Gasteiger partial charge is 0.494 e. The molecule has 0 aliphatic carbocycles. The van der Waals surface area contributed by atoms with Gasteiger partial charge in [-0.05, 0) is 54.0 Å². The van der Waals surface area contributed by atoms with Crippen LogP contribution in [0.3, 0.4) is 0 Å². The third-order valence-electron chi connectivity index (χ3n) is 4.51. The minimum atomic E-state index is -0.396. The summed E-state index contributed by atoms with van der Waals surface area (Å²) in [6.07, 6.45) is 1.90. The van der Waals surface area contributed by atoms with E-state index >= 15 is 0 Å². The molecule has 5 heteroatoms. The van der Waals surface area contributed by atoms with Gasteiger partial charge in [-0.2, -0.15) is 5.26 Å². The van der Waals surface area contributed by atoms with Gasteiger partial charge >= 0.3 is 5.97 Å². The van der Waals surface area contributed by atoms with Gasteiger partial charge in [0.25, 0.3) is 0 Å². The second kappa shape index (κ2) is 10.7. The third kappa shape index (κ3) is 5.97. The standard InChI is InChI=1S/C26H23NO4/c1-3-30-23-12-9-19(10-13-23)17-26(28)31-24-14-11-20(16-25(24)29-2)15-22(18-27)21-7-5-4-6-8-21/h4-16H,3,17H2,1-2H3/b22-15-. The van der Waals surface area contributed by atoms with E-state index in [0.717, 1.165) is 22.4 Å². The maximum absolute atomic E-state index is 12.4. The number of nitriles is 1. The number of esters is 1. The summed E-state index contributed by atoms with van der Waals surface area (Å²) in [6, 6.07) is 24.2. The molecule has 3 rings (SSSR count). The van der Waals surface area contributed by atoms with Crippen molar-refractivity contribution >= 4 is 17.6 Å². The van der Waals surface area contributed by atoms with Crippen LogP contribution < -0.4 is 14.2 Å². The Kier molecular flexibility index (Phi) is 7.45. The van der Waals surface area contributed by atoms with Crippen molar-refractivity contribution in [3.8, 4) is 23.3 Å². The van der Waals surface area contributed by atoms with Crippen molar-refractivity contribution in [2.24, 2.45) is 0 Å². The third-order valence-corrected chi connectivity index (χ3v) is 4.51. The second-order valence-corrected chi connectivity index (χ2v) is 6.67. The van der Waals surface area contributed by atoms with Crippen LogP contribution in [-0.4, -0.2) is 19.7 Å². The van der Waals surface area contributed by atoms with Crippen LogP contribution in [0.5, 0.6) is 17.2 Å². The van der Waals surface area contributed by atoms with Crippen LogP contribution in [0, 0.1) is 11.3 Å². The quantitative estimate of drug-likeness (QED) is 0.217. The lowest BCUT2D eigenvalue weighted by atomic mass is 10.0. The molecule has 3 aromatic carbocycles. The van der Waals surface area contributed by atoms with Crippen molar-refractivity contribution in [3.05, 3.63) is 89.5 Å². The van der Waals surface area contributed by atoms with Gasteiger partial charge in [0.05, 0.1) is 31.8 Å². The lowest BCUT2D eigenvalue weighted by molar-refractivity contribution is -0.133. The first-order chi connectivity index (χ1) is 15.1. The molecular weight excluding hydrogens is 390 g/mol. The smallest absolute Gasteiger partial charge is 0.315 e. The van der Waals surface area contributed by atoms with Gasteiger partial charge in [-0.25, -0.2) is 0 Å². The first-order valence-electron chi connectivity index (χ1n) is 9.90. The number of rotatable bonds is 8. The summed E-state index contributed by atoms with van der Waals surface area (Å²) in [5, 5.41) is 9.50. The maximum Gasteiger partial charge on any atom is 0.315 e. The van der Waals surface area contributed by atoms with E-state index in [-0.39, 0.29) is 6.42 Å². The Labute approximate surface area is 182 Å². The minimum Gasteiger partial charge on any atom is -0.494 e. The number of hydrogen-bond donors (Lipinski definition) is 0. The van der Waals surface area contributed by atoms with Crippen molar-refractivity contribution in [2.75, 3.05) is 13.7 Å². The van der Waals surface area contributed by atoms with Gasteiger partial charge in [-0.1, -0.05) is 48.5 Å². The van der Waals surface area contributed by atoms with Crippen LogP contribution >= 0.6 is 0 Å². The van der Waals surface area contributed by atoms with Gasteiger partial charge in [-0.15, -0.1) is 0 Å². The normalized spacial score (nSPS) is 10.8. The molecule has 156 valence electrons. The van der Waals surface area contributed by atoms with E-state index in [2.05, 4.69) is 6.07 Å². The summed E-state index contributed by atoms with van der Waals surface area (Å²) in [4.78, 5) is 12.4. The molecule has 0 aromatic heterocycles. The number of allylic oxidation sites excluding steroid dienone is 1. The van der Waals surface area contributed by atoms with Crippen LogP contribution in [-0.2, 0) is 11.2 Å². The Balaban J connectivity index is 1.73.